The Hall–Kier alpha value is -2.50. The highest BCUT2D eigenvalue weighted by Gasteiger charge is 2.23. The zero-order valence-corrected chi connectivity index (χ0v) is 21.2. The zero-order chi connectivity index (χ0) is 24.1. The standard InChI is InChI=1S/C21H36N6O4Si/c1-21(2,13-28)12-24-19(29)15-11-27(14-31-8-9-32(5,6)7)18-17(15)25-16(10-23-18)26(4)20(30)22-3/h10-11,28H,8-9,12-14H2,1-7H3,(H,22,30)(H,24,29). The van der Waals surface area contributed by atoms with Gasteiger partial charge in [-0.1, -0.05) is 33.5 Å². The fourth-order valence-electron chi connectivity index (χ4n) is 2.75. The van der Waals surface area contributed by atoms with Crippen molar-refractivity contribution in [2.45, 2.75) is 46.3 Å². The molecule has 0 aliphatic heterocycles. The highest BCUT2D eigenvalue weighted by atomic mass is 28.3. The van der Waals surface area contributed by atoms with Crippen LogP contribution in [0, 0.1) is 5.41 Å². The second-order valence-electron chi connectivity index (χ2n) is 9.88. The summed E-state index contributed by atoms with van der Waals surface area (Å²) in [6, 6.07) is 0.686. The van der Waals surface area contributed by atoms with Crippen LogP contribution >= 0.6 is 0 Å². The van der Waals surface area contributed by atoms with E-state index in [-0.39, 0.29) is 25.3 Å². The van der Waals surface area contributed by atoms with Crippen molar-refractivity contribution >= 4 is 37.0 Å². The highest BCUT2D eigenvalue weighted by Crippen LogP contribution is 2.22. The number of carbonyl (C=O) groups excluding carboxylic acids is 2. The Bertz CT molecular complexity index is 954. The first-order valence-corrected chi connectivity index (χ1v) is 14.4. The lowest BCUT2D eigenvalue weighted by molar-refractivity contribution is 0.0883. The van der Waals surface area contributed by atoms with Crippen molar-refractivity contribution in [3.05, 3.63) is 18.0 Å². The predicted octanol–water partition coefficient (Wildman–Crippen LogP) is 2.27. The summed E-state index contributed by atoms with van der Waals surface area (Å²) >= 11 is 0. The number of hydrogen-bond donors (Lipinski definition) is 3. The molecule has 2 aromatic rings. The number of nitrogens with zero attached hydrogens (tertiary/aromatic N) is 4. The molecular formula is C21H36N6O4Si. The summed E-state index contributed by atoms with van der Waals surface area (Å²) in [6.45, 7) is 11.7. The fraction of sp³-hybridized carbons (Fsp3) is 0.619. The smallest absolute Gasteiger partial charge is 0.322 e. The van der Waals surface area contributed by atoms with Crippen molar-refractivity contribution in [2.75, 3.05) is 38.8 Å². The lowest BCUT2D eigenvalue weighted by Crippen LogP contribution is -2.36. The van der Waals surface area contributed by atoms with Gasteiger partial charge < -0.3 is 25.0 Å². The molecule has 178 valence electrons. The van der Waals surface area contributed by atoms with Gasteiger partial charge in [0.25, 0.3) is 5.91 Å². The van der Waals surface area contributed by atoms with Crippen LogP contribution in [0.1, 0.15) is 24.2 Å². The number of ether oxygens (including phenoxy) is 1. The molecule has 0 fully saturated rings. The number of anilines is 1. The second-order valence-corrected chi connectivity index (χ2v) is 15.5. The van der Waals surface area contributed by atoms with Gasteiger partial charge in [0.05, 0.1) is 11.8 Å². The first kappa shape index (κ1) is 25.8. The van der Waals surface area contributed by atoms with Gasteiger partial charge in [-0.25, -0.2) is 14.8 Å². The number of amides is 3. The van der Waals surface area contributed by atoms with E-state index in [0.717, 1.165) is 6.04 Å². The molecule has 0 aromatic carbocycles. The molecule has 0 aliphatic carbocycles. The van der Waals surface area contributed by atoms with Gasteiger partial charge in [-0.15, -0.1) is 0 Å². The van der Waals surface area contributed by atoms with Crippen molar-refractivity contribution in [3.8, 4) is 0 Å². The zero-order valence-electron chi connectivity index (χ0n) is 20.2. The molecule has 32 heavy (non-hydrogen) atoms. The molecule has 3 amide bonds. The van der Waals surface area contributed by atoms with Crippen molar-refractivity contribution in [1.29, 1.82) is 0 Å². The molecule has 3 N–H and O–H groups in total. The van der Waals surface area contributed by atoms with Crippen molar-refractivity contribution < 1.29 is 19.4 Å². The second kappa shape index (κ2) is 10.4. The van der Waals surface area contributed by atoms with E-state index < -0.39 is 13.5 Å². The van der Waals surface area contributed by atoms with Gasteiger partial charge in [-0.3, -0.25) is 9.69 Å². The van der Waals surface area contributed by atoms with E-state index in [1.54, 1.807) is 17.8 Å². The average molecular weight is 465 g/mol. The Morgan fingerprint density at radius 1 is 1.31 bits per heavy atom. The molecule has 0 radical (unpaired) electrons. The maximum atomic E-state index is 13.0. The summed E-state index contributed by atoms with van der Waals surface area (Å²) in [7, 11) is 1.89. The number of nitrogens with one attached hydrogen (secondary N) is 2. The first-order chi connectivity index (χ1) is 14.9. The molecule has 2 rings (SSSR count). The van der Waals surface area contributed by atoms with Gasteiger partial charge >= 0.3 is 6.03 Å². The van der Waals surface area contributed by atoms with Gasteiger partial charge in [0.2, 0.25) is 0 Å². The van der Waals surface area contributed by atoms with Crippen LogP contribution in [0.25, 0.3) is 11.2 Å². The lowest BCUT2D eigenvalue weighted by atomic mass is 9.95. The largest absolute Gasteiger partial charge is 0.396 e. The van der Waals surface area contributed by atoms with Crippen molar-refractivity contribution in [3.63, 3.8) is 0 Å². The normalized spacial score (nSPS) is 12.1. The van der Waals surface area contributed by atoms with Crippen LogP contribution in [0.15, 0.2) is 12.4 Å². The average Bonchev–Trinajstić information content (AvgIpc) is 3.11. The van der Waals surface area contributed by atoms with Crippen LogP contribution in [0.5, 0.6) is 0 Å². The number of aliphatic hydroxyl groups excluding tert-OH is 1. The van der Waals surface area contributed by atoms with E-state index in [9.17, 15) is 14.7 Å². The Kier molecular flexibility index (Phi) is 8.38. The van der Waals surface area contributed by atoms with E-state index >= 15 is 0 Å². The van der Waals surface area contributed by atoms with Crippen molar-refractivity contribution in [2.24, 2.45) is 5.41 Å². The summed E-state index contributed by atoms with van der Waals surface area (Å²) in [6.07, 6.45) is 3.16. The van der Waals surface area contributed by atoms with Gasteiger partial charge in [0.15, 0.2) is 11.5 Å². The molecule has 0 aliphatic rings. The lowest BCUT2D eigenvalue weighted by Gasteiger charge is -2.21. The molecule has 0 atom stereocenters. The molecule has 0 saturated heterocycles. The minimum absolute atomic E-state index is 0.0547. The SMILES string of the molecule is CNC(=O)N(C)c1cnc2c(n1)c(C(=O)NCC(C)(C)CO)cn2COCC[Si](C)(C)C. The van der Waals surface area contributed by atoms with E-state index in [4.69, 9.17) is 4.74 Å². The molecule has 0 unspecified atom stereocenters. The van der Waals surface area contributed by atoms with Crippen LogP contribution < -0.4 is 15.5 Å². The first-order valence-electron chi connectivity index (χ1n) is 10.7. The summed E-state index contributed by atoms with van der Waals surface area (Å²) in [5.74, 6) is -0.00888. The fourth-order valence-corrected chi connectivity index (χ4v) is 3.51. The molecule has 0 bridgehead atoms. The molecule has 0 spiro atoms. The van der Waals surface area contributed by atoms with Gasteiger partial charge in [0.1, 0.15) is 12.2 Å². The third-order valence-electron chi connectivity index (χ3n) is 5.04. The summed E-state index contributed by atoms with van der Waals surface area (Å²) in [5, 5.41) is 14.9. The number of urea groups is 1. The minimum Gasteiger partial charge on any atom is -0.396 e. The van der Waals surface area contributed by atoms with Gasteiger partial charge in [-0.05, 0) is 6.04 Å². The van der Waals surface area contributed by atoms with Crippen LogP contribution in [0.4, 0.5) is 10.6 Å². The van der Waals surface area contributed by atoms with Gasteiger partial charge in [-0.2, -0.15) is 0 Å². The van der Waals surface area contributed by atoms with E-state index in [1.807, 2.05) is 13.8 Å². The molecule has 2 aromatic heterocycles. The van der Waals surface area contributed by atoms with Crippen molar-refractivity contribution in [1.82, 2.24) is 25.2 Å². The number of aliphatic hydroxyl groups is 1. The number of fused-ring (bicyclic) bond motifs is 1. The van der Waals surface area contributed by atoms with Crippen LogP contribution in [0.3, 0.4) is 0 Å². The number of rotatable bonds is 10. The molecule has 11 heteroatoms. The van der Waals surface area contributed by atoms with Crippen LogP contribution in [-0.4, -0.2) is 73.5 Å². The Morgan fingerprint density at radius 2 is 2.00 bits per heavy atom. The molecule has 10 nitrogen and oxygen atoms in total. The summed E-state index contributed by atoms with van der Waals surface area (Å²) in [5.41, 5.74) is 0.761. The van der Waals surface area contributed by atoms with Crippen LogP contribution in [-0.2, 0) is 11.5 Å². The highest BCUT2D eigenvalue weighted by molar-refractivity contribution is 6.76. The Balaban J connectivity index is 2.36. The quantitative estimate of drug-likeness (QED) is 0.366. The monoisotopic (exact) mass is 464 g/mol. The predicted molar refractivity (Wildman–Crippen MR) is 128 cm³/mol. The van der Waals surface area contributed by atoms with Gasteiger partial charge in [0, 0.05) is 53.5 Å². The summed E-state index contributed by atoms with van der Waals surface area (Å²) in [4.78, 5) is 35.3. The number of hydrogen-bond acceptors (Lipinski definition) is 6. The molecular weight excluding hydrogens is 428 g/mol. The minimum atomic E-state index is -1.22. The maximum absolute atomic E-state index is 13.0. The number of aromatic nitrogens is 3. The van der Waals surface area contributed by atoms with E-state index in [2.05, 4.69) is 40.2 Å². The topological polar surface area (TPSA) is 122 Å². The Labute approximate surface area is 190 Å². The maximum Gasteiger partial charge on any atom is 0.322 e. The molecule has 0 saturated carbocycles. The van der Waals surface area contributed by atoms with Crippen LogP contribution in [0.2, 0.25) is 25.7 Å². The number of carbonyl (C=O) groups is 2. The molecule has 2 heterocycles. The third-order valence-corrected chi connectivity index (χ3v) is 6.75. The Morgan fingerprint density at radius 3 is 2.59 bits per heavy atom. The van der Waals surface area contributed by atoms with E-state index in [0.29, 0.717) is 35.7 Å². The summed E-state index contributed by atoms with van der Waals surface area (Å²) < 4.78 is 7.60. The van der Waals surface area contributed by atoms with E-state index in [1.165, 1.54) is 18.1 Å². The third kappa shape index (κ3) is 6.75.